The predicted octanol–water partition coefficient (Wildman–Crippen LogP) is 9.42. The second kappa shape index (κ2) is 20.7. The lowest BCUT2D eigenvalue weighted by atomic mass is 9.87. The molecule has 1 N–H and O–H groups in total. The number of aliphatic hydroxyl groups excluding tert-OH is 1. The van der Waals surface area contributed by atoms with Crippen molar-refractivity contribution in [3.8, 4) is 0 Å². The Kier molecular flexibility index (Phi) is 17.4. The number of aliphatic hydroxyl groups is 1. The van der Waals surface area contributed by atoms with Crippen molar-refractivity contribution >= 4 is 18.7 Å². The molecule has 45 heavy (non-hydrogen) atoms. The molecular formula is C40H66O4Si. The Morgan fingerprint density at radius 2 is 1.33 bits per heavy atom. The molecule has 1 saturated heterocycles. The van der Waals surface area contributed by atoms with Crippen LogP contribution in [-0.2, 0) is 13.9 Å². The van der Waals surface area contributed by atoms with Crippen molar-refractivity contribution in [3.63, 3.8) is 0 Å². The van der Waals surface area contributed by atoms with Crippen molar-refractivity contribution < 1.29 is 19.0 Å². The van der Waals surface area contributed by atoms with Gasteiger partial charge in [0.2, 0.25) is 0 Å². The van der Waals surface area contributed by atoms with Gasteiger partial charge in [0.1, 0.15) is 0 Å². The molecule has 1 aliphatic heterocycles. The molecule has 0 aromatic heterocycles. The summed E-state index contributed by atoms with van der Waals surface area (Å²) >= 11 is 0. The Labute approximate surface area is 277 Å². The molecule has 0 radical (unpaired) electrons. The molecule has 4 atom stereocenters. The van der Waals surface area contributed by atoms with Crippen LogP contribution in [0.2, 0.25) is 5.04 Å². The third-order valence-corrected chi connectivity index (χ3v) is 15.0. The first-order valence-electron chi connectivity index (χ1n) is 18.5. The number of hydrogen-bond acceptors (Lipinski definition) is 4. The smallest absolute Gasteiger partial charge is 0.261 e. The van der Waals surface area contributed by atoms with Crippen molar-refractivity contribution in [1.82, 2.24) is 0 Å². The molecule has 0 amide bonds. The second-order valence-electron chi connectivity index (χ2n) is 14.6. The maximum Gasteiger partial charge on any atom is 0.261 e. The highest BCUT2D eigenvalue weighted by atomic mass is 28.4. The Morgan fingerprint density at radius 1 is 0.800 bits per heavy atom. The zero-order chi connectivity index (χ0) is 32.4. The van der Waals surface area contributed by atoms with Crippen LogP contribution in [0.15, 0.2) is 60.7 Å². The van der Waals surface area contributed by atoms with E-state index in [1.54, 1.807) is 0 Å². The Balaban J connectivity index is 1.75. The number of unbranched alkanes of at least 4 members (excludes halogenated alkanes) is 10. The highest BCUT2D eigenvalue weighted by Crippen LogP contribution is 2.38. The molecule has 0 aliphatic carbocycles. The summed E-state index contributed by atoms with van der Waals surface area (Å²) in [6.07, 6.45) is 18.7. The molecule has 1 aliphatic rings. The fraction of sp³-hybridized carbons (Fsp3) is 0.700. The quantitative estimate of drug-likeness (QED) is 0.103. The standard InChI is InChI=1S/C40H66O4Si/c1-6-7-8-9-10-11-12-13-14-15-22-29-38(44-39-30-23-24-31-42-39)37(34(2)32-41)33-43-45(40(3,4)5,35-25-18-16-19-26-35)36-27-20-17-21-28-36/h16-21,25-28,34,37-39,41H,6-15,22-24,29-33H2,1-5H3/t34-,37+,38+,39?/m0/s1. The van der Waals surface area contributed by atoms with E-state index in [4.69, 9.17) is 13.9 Å². The predicted molar refractivity (Wildman–Crippen MR) is 193 cm³/mol. The summed E-state index contributed by atoms with van der Waals surface area (Å²) in [5.41, 5.74) is 0. The minimum Gasteiger partial charge on any atom is -0.407 e. The molecular weight excluding hydrogens is 573 g/mol. The summed E-state index contributed by atoms with van der Waals surface area (Å²) < 4.78 is 20.4. The van der Waals surface area contributed by atoms with Crippen LogP contribution in [0.3, 0.4) is 0 Å². The molecule has 1 unspecified atom stereocenters. The van der Waals surface area contributed by atoms with Crippen LogP contribution in [-0.4, -0.2) is 45.6 Å². The summed E-state index contributed by atoms with van der Waals surface area (Å²) in [5, 5.41) is 13.0. The van der Waals surface area contributed by atoms with Crippen molar-refractivity contribution in [3.05, 3.63) is 60.7 Å². The number of hydrogen-bond donors (Lipinski definition) is 1. The van der Waals surface area contributed by atoms with Gasteiger partial charge in [-0.1, -0.05) is 166 Å². The molecule has 5 heteroatoms. The average Bonchev–Trinajstić information content (AvgIpc) is 3.05. The van der Waals surface area contributed by atoms with Gasteiger partial charge in [0, 0.05) is 25.7 Å². The van der Waals surface area contributed by atoms with E-state index in [2.05, 4.69) is 95.3 Å². The van der Waals surface area contributed by atoms with Crippen molar-refractivity contribution in [2.75, 3.05) is 19.8 Å². The maximum absolute atomic E-state index is 10.5. The van der Waals surface area contributed by atoms with E-state index in [9.17, 15) is 5.11 Å². The Hall–Kier alpha value is -1.50. The minimum absolute atomic E-state index is 0.00738. The minimum atomic E-state index is -2.71. The van der Waals surface area contributed by atoms with E-state index in [1.807, 2.05) is 0 Å². The third kappa shape index (κ3) is 11.9. The Bertz CT molecular complexity index is 962. The summed E-state index contributed by atoms with van der Waals surface area (Å²) in [6.45, 7) is 12.9. The highest BCUT2D eigenvalue weighted by Gasteiger charge is 2.51. The van der Waals surface area contributed by atoms with Gasteiger partial charge in [0.05, 0.1) is 6.10 Å². The summed E-state index contributed by atoms with van der Waals surface area (Å²) in [4.78, 5) is 0. The van der Waals surface area contributed by atoms with E-state index < -0.39 is 8.32 Å². The van der Waals surface area contributed by atoms with Crippen molar-refractivity contribution in [2.45, 2.75) is 148 Å². The number of rotatable bonds is 22. The van der Waals surface area contributed by atoms with Gasteiger partial charge < -0.3 is 19.0 Å². The summed E-state index contributed by atoms with van der Waals surface area (Å²) in [5.74, 6) is 0.134. The molecule has 2 aromatic rings. The fourth-order valence-electron chi connectivity index (χ4n) is 7.16. The molecule has 254 valence electrons. The number of ether oxygens (including phenoxy) is 2. The van der Waals surface area contributed by atoms with Crippen LogP contribution >= 0.6 is 0 Å². The van der Waals surface area contributed by atoms with Gasteiger partial charge in [0.25, 0.3) is 8.32 Å². The maximum atomic E-state index is 10.5. The molecule has 1 fully saturated rings. The molecule has 0 spiro atoms. The van der Waals surface area contributed by atoms with Gasteiger partial charge in [-0.25, -0.2) is 0 Å². The highest BCUT2D eigenvalue weighted by molar-refractivity contribution is 6.99. The van der Waals surface area contributed by atoms with E-state index in [1.165, 1.54) is 74.6 Å². The first-order chi connectivity index (χ1) is 21.8. The Morgan fingerprint density at radius 3 is 1.80 bits per heavy atom. The molecule has 4 nitrogen and oxygen atoms in total. The lowest BCUT2D eigenvalue weighted by molar-refractivity contribution is -0.206. The second-order valence-corrected chi connectivity index (χ2v) is 18.9. The van der Waals surface area contributed by atoms with Gasteiger partial charge >= 0.3 is 0 Å². The lowest BCUT2D eigenvalue weighted by Crippen LogP contribution is -2.67. The largest absolute Gasteiger partial charge is 0.407 e. The SMILES string of the molecule is CCCCCCCCCCCCC[C@@H](OC1CCCCO1)[C@H](CO[Si](c1ccccc1)(c1ccccc1)C(C)(C)C)[C@@H](C)CO. The van der Waals surface area contributed by atoms with Crippen LogP contribution in [0.5, 0.6) is 0 Å². The summed E-state index contributed by atoms with van der Waals surface area (Å²) in [7, 11) is -2.71. The molecule has 2 aromatic carbocycles. The van der Waals surface area contributed by atoms with Gasteiger partial charge in [-0.05, 0) is 47.0 Å². The molecule has 1 heterocycles. The van der Waals surface area contributed by atoms with Crippen LogP contribution in [0.1, 0.15) is 131 Å². The van der Waals surface area contributed by atoms with Gasteiger partial charge in [-0.3, -0.25) is 0 Å². The molecule has 0 bridgehead atoms. The molecule has 0 saturated carbocycles. The van der Waals surface area contributed by atoms with Crippen molar-refractivity contribution in [2.24, 2.45) is 11.8 Å². The average molecular weight is 639 g/mol. The third-order valence-electron chi connectivity index (χ3n) is 9.96. The first kappa shape index (κ1) is 37.9. The van der Waals surface area contributed by atoms with E-state index in [-0.39, 0.29) is 35.9 Å². The van der Waals surface area contributed by atoms with E-state index >= 15 is 0 Å². The fourth-order valence-corrected chi connectivity index (χ4v) is 11.8. The zero-order valence-corrected chi connectivity index (χ0v) is 30.5. The molecule has 3 rings (SSSR count). The van der Waals surface area contributed by atoms with Gasteiger partial charge in [0.15, 0.2) is 6.29 Å². The summed E-state index contributed by atoms with van der Waals surface area (Å²) in [6, 6.07) is 21.8. The zero-order valence-electron chi connectivity index (χ0n) is 29.5. The topological polar surface area (TPSA) is 47.9 Å². The first-order valence-corrected chi connectivity index (χ1v) is 20.4. The van der Waals surface area contributed by atoms with Gasteiger partial charge in [-0.15, -0.1) is 0 Å². The van der Waals surface area contributed by atoms with Crippen LogP contribution in [0.4, 0.5) is 0 Å². The number of benzene rings is 2. The monoisotopic (exact) mass is 638 g/mol. The normalized spacial score (nSPS) is 18.0. The van der Waals surface area contributed by atoms with Crippen LogP contribution < -0.4 is 10.4 Å². The van der Waals surface area contributed by atoms with Crippen LogP contribution in [0.25, 0.3) is 0 Å². The lowest BCUT2D eigenvalue weighted by Gasteiger charge is -2.45. The van der Waals surface area contributed by atoms with Crippen LogP contribution in [0, 0.1) is 11.8 Å². The van der Waals surface area contributed by atoms with E-state index in [0.717, 1.165) is 38.7 Å². The van der Waals surface area contributed by atoms with Crippen molar-refractivity contribution in [1.29, 1.82) is 0 Å². The van der Waals surface area contributed by atoms with Gasteiger partial charge in [-0.2, -0.15) is 0 Å². The van der Waals surface area contributed by atoms with E-state index in [0.29, 0.717) is 6.61 Å².